The summed E-state index contributed by atoms with van der Waals surface area (Å²) in [6.07, 6.45) is 5.40. The predicted octanol–water partition coefficient (Wildman–Crippen LogP) is 3.79. The standard InChI is InChI=1S/C23H23N5O2/c1-15-12-16(2)28(26-15)22-9-8-19(14-24-22)25-23(30)13-21-20-7-5-4-6-18(20)10-11-27(21)17(3)29/h4-12,14,21H,13H2,1-3H3,(H,25,30). The number of anilines is 1. The number of amides is 2. The van der Waals surface area contributed by atoms with Gasteiger partial charge >= 0.3 is 0 Å². The first-order valence-electron chi connectivity index (χ1n) is 9.78. The number of fused-ring (bicyclic) bond motifs is 1. The van der Waals surface area contributed by atoms with Gasteiger partial charge in [0.15, 0.2) is 5.82 Å². The minimum atomic E-state index is -0.342. The molecule has 7 nitrogen and oxygen atoms in total. The molecule has 1 aromatic carbocycles. The Morgan fingerprint density at radius 1 is 1.13 bits per heavy atom. The van der Waals surface area contributed by atoms with Crippen LogP contribution in [0.4, 0.5) is 5.69 Å². The summed E-state index contributed by atoms with van der Waals surface area (Å²) in [5, 5.41) is 7.30. The van der Waals surface area contributed by atoms with Crippen molar-refractivity contribution in [1.29, 1.82) is 0 Å². The number of nitrogens with one attached hydrogen (secondary N) is 1. The number of carbonyl (C=O) groups is 2. The van der Waals surface area contributed by atoms with E-state index >= 15 is 0 Å². The summed E-state index contributed by atoms with van der Waals surface area (Å²) in [4.78, 5) is 30.9. The summed E-state index contributed by atoms with van der Waals surface area (Å²) >= 11 is 0. The molecular formula is C23H23N5O2. The third-order valence-electron chi connectivity index (χ3n) is 5.11. The molecule has 152 valence electrons. The van der Waals surface area contributed by atoms with E-state index in [1.807, 2.05) is 56.3 Å². The van der Waals surface area contributed by atoms with Crippen LogP contribution in [0, 0.1) is 13.8 Å². The van der Waals surface area contributed by atoms with E-state index in [0.29, 0.717) is 11.5 Å². The smallest absolute Gasteiger partial charge is 0.226 e. The first kappa shape index (κ1) is 19.6. The summed E-state index contributed by atoms with van der Waals surface area (Å²) in [6, 6.07) is 13.1. The normalized spacial score (nSPS) is 15.0. The van der Waals surface area contributed by atoms with Crippen LogP contribution in [0.5, 0.6) is 0 Å². The summed E-state index contributed by atoms with van der Waals surface area (Å²) < 4.78 is 1.76. The molecule has 0 aliphatic carbocycles. The number of pyridine rings is 1. The molecule has 1 atom stereocenters. The molecule has 2 amide bonds. The van der Waals surface area contributed by atoms with Crippen molar-refractivity contribution in [3.05, 3.63) is 77.4 Å². The Morgan fingerprint density at radius 3 is 2.60 bits per heavy atom. The second kappa shape index (κ2) is 7.94. The van der Waals surface area contributed by atoms with E-state index < -0.39 is 0 Å². The number of aromatic nitrogens is 3. The number of hydrogen-bond donors (Lipinski definition) is 1. The Hall–Kier alpha value is -3.74. The van der Waals surface area contributed by atoms with Crippen LogP contribution < -0.4 is 5.32 Å². The lowest BCUT2D eigenvalue weighted by atomic mass is 9.93. The van der Waals surface area contributed by atoms with Gasteiger partial charge in [-0.15, -0.1) is 0 Å². The van der Waals surface area contributed by atoms with Gasteiger partial charge in [0.1, 0.15) is 0 Å². The summed E-state index contributed by atoms with van der Waals surface area (Å²) in [5.74, 6) is 0.402. The molecular weight excluding hydrogens is 378 g/mol. The van der Waals surface area contributed by atoms with E-state index in [9.17, 15) is 9.59 Å². The summed E-state index contributed by atoms with van der Waals surface area (Å²) in [6.45, 7) is 5.40. The number of rotatable bonds is 4. The van der Waals surface area contributed by atoms with Gasteiger partial charge in [-0.3, -0.25) is 9.59 Å². The molecule has 1 aliphatic rings. The number of benzene rings is 1. The van der Waals surface area contributed by atoms with Crippen LogP contribution in [-0.2, 0) is 9.59 Å². The molecule has 0 fully saturated rings. The molecule has 4 rings (SSSR count). The number of nitrogens with zero attached hydrogens (tertiary/aromatic N) is 4. The quantitative estimate of drug-likeness (QED) is 0.721. The molecule has 2 aromatic heterocycles. The van der Waals surface area contributed by atoms with Crippen LogP contribution in [0.2, 0.25) is 0 Å². The van der Waals surface area contributed by atoms with Crippen LogP contribution in [0.25, 0.3) is 11.9 Å². The molecule has 0 saturated carbocycles. The lowest BCUT2D eigenvalue weighted by Gasteiger charge is -2.32. The van der Waals surface area contributed by atoms with Gasteiger partial charge in [-0.05, 0) is 49.2 Å². The average molecular weight is 401 g/mol. The monoisotopic (exact) mass is 401 g/mol. The van der Waals surface area contributed by atoms with E-state index in [-0.39, 0.29) is 24.3 Å². The van der Waals surface area contributed by atoms with Gasteiger partial charge in [0.2, 0.25) is 11.8 Å². The maximum atomic E-state index is 12.8. The van der Waals surface area contributed by atoms with Crippen molar-refractivity contribution in [3.8, 4) is 5.82 Å². The number of aryl methyl sites for hydroxylation is 2. The molecule has 1 aliphatic heterocycles. The first-order valence-corrected chi connectivity index (χ1v) is 9.78. The first-order chi connectivity index (χ1) is 14.4. The van der Waals surface area contributed by atoms with Crippen molar-refractivity contribution in [3.63, 3.8) is 0 Å². The molecule has 1 N–H and O–H groups in total. The minimum absolute atomic E-state index is 0.102. The van der Waals surface area contributed by atoms with E-state index in [2.05, 4.69) is 15.4 Å². The zero-order valence-electron chi connectivity index (χ0n) is 17.2. The van der Waals surface area contributed by atoms with Crippen LogP contribution in [0.15, 0.2) is 54.9 Å². The summed E-state index contributed by atoms with van der Waals surface area (Å²) in [7, 11) is 0. The van der Waals surface area contributed by atoms with E-state index in [1.165, 1.54) is 6.92 Å². The van der Waals surface area contributed by atoms with Crippen molar-refractivity contribution in [2.75, 3.05) is 5.32 Å². The Kier molecular flexibility index (Phi) is 5.18. The largest absolute Gasteiger partial charge is 0.325 e. The maximum Gasteiger partial charge on any atom is 0.226 e. The van der Waals surface area contributed by atoms with E-state index in [4.69, 9.17) is 0 Å². The van der Waals surface area contributed by atoms with Crippen molar-refractivity contribution in [2.45, 2.75) is 33.2 Å². The van der Waals surface area contributed by atoms with Crippen LogP contribution in [0.1, 0.15) is 41.9 Å². The van der Waals surface area contributed by atoms with Crippen molar-refractivity contribution in [1.82, 2.24) is 19.7 Å². The molecule has 0 radical (unpaired) electrons. The van der Waals surface area contributed by atoms with Gasteiger partial charge in [-0.1, -0.05) is 24.3 Å². The Morgan fingerprint density at radius 2 is 1.93 bits per heavy atom. The number of hydrogen-bond acceptors (Lipinski definition) is 4. The second-order valence-electron chi connectivity index (χ2n) is 7.38. The van der Waals surface area contributed by atoms with Crippen molar-refractivity contribution >= 4 is 23.6 Å². The van der Waals surface area contributed by atoms with Crippen molar-refractivity contribution in [2.24, 2.45) is 0 Å². The summed E-state index contributed by atoms with van der Waals surface area (Å²) in [5.41, 5.74) is 4.49. The van der Waals surface area contributed by atoms with Gasteiger partial charge in [-0.25, -0.2) is 9.67 Å². The molecule has 0 saturated heterocycles. The molecule has 30 heavy (non-hydrogen) atoms. The predicted molar refractivity (Wildman–Crippen MR) is 115 cm³/mol. The number of carbonyl (C=O) groups excluding carboxylic acids is 2. The Bertz CT molecular complexity index is 1130. The molecule has 3 aromatic rings. The van der Waals surface area contributed by atoms with Gasteiger partial charge in [-0.2, -0.15) is 5.10 Å². The molecule has 3 heterocycles. The van der Waals surface area contributed by atoms with E-state index in [1.54, 1.807) is 28.0 Å². The van der Waals surface area contributed by atoms with Gasteiger partial charge in [0.25, 0.3) is 0 Å². The third kappa shape index (κ3) is 3.87. The SMILES string of the molecule is CC(=O)N1C=Cc2ccccc2C1CC(=O)Nc1ccc(-n2nc(C)cc2C)nc1. The zero-order valence-corrected chi connectivity index (χ0v) is 17.2. The Balaban J connectivity index is 1.49. The lowest BCUT2D eigenvalue weighted by Crippen LogP contribution is -2.33. The molecule has 0 bridgehead atoms. The van der Waals surface area contributed by atoms with Crippen LogP contribution in [0.3, 0.4) is 0 Å². The highest BCUT2D eigenvalue weighted by atomic mass is 16.2. The maximum absolute atomic E-state index is 12.8. The fourth-order valence-electron chi connectivity index (χ4n) is 3.75. The highest BCUT2D eigenvalue weighted by Crippen LogP contribution is 2.33. The van der Waals surface area contributed by atoms with Gasteiger partial charge in [0.05, 0.1) is 30.0 Å². The fraction of sp³-hybridized carbons (Fsp3) is 0.217. The van der Waals surface area contributed by atoms with Gasteiger partial charge < -0.3 is 10.2 Å². The van der Waals surface area contributed by atoms with Gasteiger partial charge in [0, 0.05) is 18.8 Å². The Labute approximate surface area is 175 Å². The minimum Gasteiger partial charge on any atom is -0.325 e. The van der Waals surface area contributed by atoms with Crippen LogP contribution >= 0.6 is 0 Å². The van der Waals surface area contributed by atoms with E-state index in [0.717, 1.165) is 22.5 Å². The topological polar surface area (TPSA) is 80.1 Å². The molecule has 7 heteroatoms. The lowest BCUT2D eigenvalue weighted by molar-refractivity contribution is -0.129. The average Bonchev–Trinajstić information content (AvgIpc) is 3.06. The fourth-order valence-corrected chi connectivity index (χ4v) is 3.75. The van der Waals surface area contributed by atoms with Crippen molar-refractivity contribution < 1.29 is 9.59 Å². The third-order valence-corrected chi connectivity index (χ3v) is 5.11. The molecule has 0 spiro atoms. The van der Waals surface area contributed by atoms with Crippen LogP contribution in [-0.4, -0.2) is 31.5 Å². The highest BCUT2D eigenvalue weighted by Gasteiger charge is 2.28. The zero-order chi connectivity index (χ0) is 21.3. The molecule has 1 unspecified atom stereocenters. The second-order valence-corrected chi connectivity index (χ2v) is 7.38. The highest BCUT2D eigenvalue weighted by molar-refractivity contribution is 5.92.